The first-order valence-electron chi connectivity index (χ1n) is 18.1. The van der Waals surface area contributed by atoms with Crippen molar-refractivity contribution in [1.82, 2.24) is 0 Å². The van der Waals surface area contributed by atoms with Crippen LogP contribution in [0.1, 0.15) is 72.2 Å². The van der Waals surface area contributed by atoms with Crippen LogP contribution in [0.15, 0.2) is 121 Å². The molecule has 0 atom stereocenters. The van der Waals surface area contributed by atoms with Gasteiger partial charge in [-0.2, -0.15) is 24.3 Å². The van der Waals surface area contributed by atoms with Crippen molar-refractivity contribution in [2.75, 3.05) is 0 Å². The van der Waals surface area contributed by atoms with Gasteiger partial charge >= 0.3 is 75.3 Å². The molecule has 54 heavy (non-hydrogen) atoms. The predicted molar refractivity (Wildman–Crippen MR) is 229 cm³/mol. The number of halogens is 2. The molecule has 8 aromatic rings. The third kappa shape index (κ3) is 17.3. The molecule has 0 fully saturated rings. The maximum absolute atomic E-state index is 2.22. The molecule has 0 heterocycles. The SMILES string of the molecule is C[C](C)=[Ti+2].C[C](C)=[Ti+2].Cc1ccc2[cH-]c(C)cc2c1.Cc1ccc2[cH-]c(C)cc2c1.Cc1ccc2[cH-]c(C)cc2c1.Cc1ccc2[cH-]c(C)cc2c1.[Cl-].[Cl-]. The molecule has 0 amide bonds. The first-order chi connectivity index (χ1) is 24.5. The minimum Gasteiger partial charge on any atom is -1.00 e. The van der Waals surface area contributed by atoms with Crippen LogP contribution >= 0.6 is 0 Å². The summed E-state index contributed by atoms with van der Waals surface area (Å²) in [6, 6.07) is 44.0. The number of hydrogen-bond acceptors (Lipinski definition) is 0. The minimum absolute atomic E-state index is 0. The molecule has 8 aromatic carbocycles. The summed E-state index contributed by atoms with van der Waals surface area (Å²) in [7, 11) is 0. The van der Waals surface area contributed by atoms with E-state index in [-0.39, 0.29) is 24.8 Å². The number of aryl methyl sites for hydroxylation is 8. The van der Waals surface area contributed by atoms with Gasteiger partial charge in [-0.15, -0.1) is 162 Å². The summed E-state index contributed by atoms with van der Waals surface area (Å²) in [5, 5.41) is 10.9. The molecule has 0 saturated heterocycles. The molecule has 0 unspecified atom stereocenters. The van der Waals surface area contributed by atoms with Crippen molar-refractivity contribution < 1.29 is 64.8 Å². The van der Waals surface area contributed by atoms with Crippen molar-refractivity contribution in [3.05, 3.63) is 166 Å². The molecule has 0 bridgehead atoms. The zero-order valence-electron chi connectivity index (χ0n) is 34.3. The van der Waals surface area contributed by atoms with E-state index in [1.165, 1.54) is 95.2 Å². The van der Waals surface area contributed by atoms with Crippen LogP contribution in [0.3, 0.4) is 0 Å². The van der Waals surface area contributed by atoms with Gasteiger partial charge in [0.25, 0.3) is 0 Å². The Bertz CT molecular complexity index is 2040. The van der Waals surface area contributed by atoms with Crippen molar-refractivity contribution in [2.24, 2.45) is 0 Å². The molecule has 0 nitrogen and oxygen atoms in total. The molecule has 0 N–H and O–H groups in total. The van der Waals surface area contributed by atoms with Crippen molar-refractivity contribution in [2.45, 2.75) is 83.1 Å². The average Bonchev–Trinajstić information content (AvgIpc) is 3.79. The van der Waals surface area contributed by atoms with E-state index in [1.807, 2.05) is 0 Å². The van der Waals surface area contributed by atoms with Gasteiger partial charge in [-0.25, -0.2) is 0 Å². The summed E-state index contributed by atoms with van der Waals surface area (Å²) in [5.41, 5.74) is 10.8. The Kier molecular flexibility index (Phi) is 21.7. The predicted octanol–water partition coefficient (Wildman–Crippen LogP) is 8.20. The zero-order chi connectivity index (χ0) is 38.5. The van der Waals surface area contributed by atoms with Crippen LogP contribution in [-0.4, -0.2) is 7.62 Å². The van der Waals surface area contributed by atoms with Gasteiger partial charge in [-0.05, 0) is 27.7 Å². The molecule has 0 radical (unpaired) electrons. The van der Waals surface area contributed by atoms with Crippen LogP contribution in [0.25, 0.3) is 43.1 Å². The second-order valence-electron chi connectivity index (χ2n) is 14.7. The van der Waals surface area contributed by atoms with E-state index < -0.39 is 0 Å². The summed E-state index contributed by atoms with van der Waals surface area (Å²) in [5.74, 6) is 0. The molecule has 0 aromatic heterocycles. The molecule has 0 aliphatic rings. The van der Waals surface area contributed by atoms with Crippen molar-refractivity contribution in [3.8, 4) is 0 Å². The third-order valence-corrected chi connectivity index (χ3v) is 8.03. The summed E-state index contributed by atoms with van der Waals surface area (Å²) in [6.45, 7) is 25.4. The van der Waals surface area contributed by atoms with E-state index in [4.69, 9.17) is 0 Å². The van der Waals surface area contributed by atoms with Crippen molar-refractivity contribution in [1.29, 1.82) is 0 Å². The smallest absolute Gasteiger partial charge is 0.0414 e. The maximum atomic E-state index is 2.22. The van der Waals surface area contributed by atoms with E-state index in [1.54, 1.807) is 0 Å². The van der Waals surface area contributed by atoms with Gasteiger partial charge in [-0.3, -0.25) is 0 Å². The van der Waals surface area contributed by atoms with Gasteiger partial charge in [0.1, 0.15) is 0 Å². The molecular weight excluding hydrogens is 767 g/mol. The molecule has 0 saturated carbocycles. The minimum atomic E-state index is 0. The quantitative estimate of drug-likeness (QED) is 0.107. The Morgan fingerprint density at radius 2 is 0.500 bits per heavy atom. The van der Waals surface area contributed by atoms with E-state index in [9.17, 15) is 0 Å². The molecule has 0 aliphatic heterocycles. The Balaban J connectivity index is 0.000000334. The fraction of sp³-hybridized carbons (Fsp3) is 0.240. The van der Waals surface area contributed by atoms with Crippen molar-refractivity contribution >= 4 is 50.7 Å². The van der Waals surface area contributed by atoms with Gasteiger partial charge in [0.15, 0.2) is 0 Å². The molecular formula is C50H56Cl2Ti2-2. The summed E-state index contributed by atoms with van der Waals surface area (Å²) < 4.78 is 2.83. The van der Waals surface area contributed by atoms with Crippen molar-refractivity contribution in [3.63, 3.8) is 0 Å². The summed E-state index contributed by atoms with van der Waals surface area (Å²) in [4.78, 5) is 0. The number of hydrogen-bond donors (Lipinski definition) is 0. The fourth-order valence-electron chi connectivity index (χ4n) is 5.93. The van der Waals surface area contributed by atoms with E-state index >= 15 is 0 Å². The van der Waals surface area contributed by atoms with Gasteiger partial charge < -0.3 is 24.8 Å². The fourth-order valence-corrected chi connectivity index (χ4v) is 5.93. The zero-order valence-corrected chi connectivity index (χ0v) is 38.9. The van der Waals surface area contributed by atoms with E-state index in [0.29, 0.717) is 0 Å². The van der Waals surface area contributed by atoms with Crippen LogP contribution in [0, 0.1) is 55.4 Å². The molecule has 4 heteroatoms. The molecule has 0 aliphatic carbocycles. The second kappa shape index (κ2) is 23.9. The molecule has 8 rings (SSSR count). The Hall–Kier alpha value is -2.93. The second-order valence-corrected chi connectivity index (χ2v) is 17.8. The van der Waals surface area contributed by atoms with Crippen LogP contribution in [0.5, 0.6) is 0 Å². The van der Waals surface area contributed by atoms with Gasteiger partial charge in [-0.1, -0.05) is 49.9 Å². The average molecular weight is 824 g/mol. The first kappa shape index (κ1) is 49.1. The van der Waals surface area contributed by atoms with Gasteiger partial charge in [0, 0.05) is 0 Å². The van der Waals surface area contributed by atoms with Crippen LogP contribution in [0.4, 0.5) is 0 Å². The van der Waals surface area contributed by atoms with E-state index in [0.717, 1.165) is 0 Å². The van der Waals surface area contributed by atoms with Crippen LogP contribution in [-0.2, 0) is 39.9 Å². The normalized spacial score (nSPS) is 9.78. The molecule has 280 valence electrons. The number of rotatable bonds is 0. The Morgan fingerprint density at radius 1 is 0.333 bits per heavy atom. The van der Waals surface area contributed by atoms with Gasteiger partial charge in [0.05, 0.1) is 0 Å². The molecule has 0 spiro atoms. The largest absolute Gasteiger partial charge is 1.00 e. The Labute approximate surface area is 361 Å². The number of benzene rings is 4. The van der Waals surface area contributed by atoms with Crippen LogP contribution in [0.2, 0.25) is 0 Å². The summed E-state index contributed by atoms with van der Waals surface area (Å²) in [6.07, 6.45) is 0. The van der Waals surface area contributed by atoms with Crippen LogP contribution < -0.4 is 24.8 Å². The standard InChI is InChI=1S/4C11H11.2C3H6.2ClH.2Ti/c4*1-8-3-4-10-6-9(2)7-11(10)5-8;2*1-3-2;;;;/h4*3-7H,1-2H3;2*1-2H3;2*1H;;/q4*-1;;;;;2*+2/p-2. The topological polar surface area (TPSA) is 0 Å². The third-order valence-electron chi connectivity index (χ3n) is 8.03. The monoisotopic (exact) mass is 822 g/mol. The number of fused-ring (bicyclic) bond motifs is 4. The Morgan fingerprint density at radius 3 is 0.667 bits per heavy atom. The summed E-state index contributed by atoms with van der Waals surface area (Å²) >= 11 is 4.17. The van der Waals surface area contributed by atoms with E-state index in [2.05, 4.69) is 244 Å². The maximum Gasteiger partial charge on any atom is -0.0414 e. The van der Waals surface area contributed by atoms with Gasteiger partial charge in [0.2, 0.25) is 0 Å². The first-order valence-corrected chi connectivity index (χ1v) is 19.6.